The fourth-order valence-electron chi connectivity index (χ4n) is 2.65. The molecule has 0 aliphatic carbocycles. The summed E-state index contributed by atoms with van der Waals surface area (Å²) >= 11 is 6.26. The first-order chi connectivity index (χ1) is 11.5. The lowest BCUT2D eigenvalue weighted by Gasteiger charge is -2.35. The zero-order valence-corrected chi connectivity index (χ0v) is 14.7. The molecule has 0 radical (unpaired) electrons. The SMILES string of the molecule is CCOC(=O)C1=C(C)N(CCOC)C(=O)NC1c1ccccc1Cl. The lowest BCUT2D eigenvalue weighted by molar-refractivity contribution is -0.139. The van der Waals surface area contributed by atoms with Crippen molar-refractivity contribution in [2.45, 2.75) is 19.9 Å². The molecule has 0 bridgehead atoms. The molecule has 1 N–H and O–H groups in total. The molecular formula is C17H21ClN2O4. The highest BCUT2D eigenvalue weighted by Crippen LogP contribution is 2.34. The van der Waals surface area contributed by atoms with Crippen molar-refractivity contribution >= 4 is 23.6 Å². The summed E-state index contributed by atoms with van der Waals surface area (Å²) < 4.78 is 10.2. The fourth-order valence-corrected chi connectivity index (χ4v) is 2.89. The minimum atomic E-state index is -0.649. The highest BCUT2D eigenvalue weighted by Gasteiger charge is 2.36. The first-order valence-electron chi connectivity index (χ1n) is 7.70. The number of carbonyl (C=O) groups excluding carboxylic acids is 2. The van der Waals surface area contributed by atoms with Crippen LogP contribution in [-0.2, 0) is 14.3 Å². The minimum Gasteiger partial charge on any atom is -0.463 e. The number of amides is 2. The summed E-state index contributed by atoms with van der Waals surface area (Å²) in [5.41, 5.74) is 1.57. The molecule has 0 aromatic heterocycles. The molecule has 1 aromatic rings. The Bertz CT molecular complexity index is 660. The molecule has 1 aliphatic rings. The second kappa shape index (κ2) is 8.17. The van der Waals surface area contributed by atoms with Gasteiger partial charge in [0.1, 0.15) is 0 Å². The molecule has 130 valence electrons. The zero-order valence-electron chi connectivity index (χ0n) is 14.0. The number of nitrogens with zero attached hydrogens (tertiary/aromatic N) is 1. The Hall–Kier alpha value is -2.05. The first kappa shape index (κ1) is 18.3. The zero-order chi connectivity index (χ0) is 17.7. The van der Waals surface area contributed by atoms with Gasteiger partial charge in [-0.25, -0.2) is 9.59 Å². The van der Waals surface area contributed by atoms with Crippen LogP contribution in [0.1, 0.15) is 25.5 Å². The van der Waals surface area contributed by atoms with Crippen molar-refractivity contribution in [3.05, 3.63) is 46.1 Å². The molecule has 1 unspecified atom stereocenters. The summed E-state index contributed by atoms with van der Waals surface area (Å²) in [5.74, 6) is -0.470. The van der Waals surface area contributed by atoms with E-state index in [1.54, 1.807) is 39.2 Å². The predicted octanol–water partition coefficient (Wildman–Crippen LogP) is 2.89. The number of urea groups is 1. The van der Waals surface area contributed by atoms with Crippen LogP contribution in [0.25, 0.3) is 0 Å². The van der Waals surface area contributed by atoms with Gasteiger partial charge in [-0.3, -0.25) is 4.90 Å². The number of methoxy groups -OCH3 is 1. The quantitative estimate of drug-likeness (QED) is 0.799. The van der Waals surface area contributed by atoms with Gasteiger partial charge in [0.25, 0.3) is 0 Å². The van der Waals surface area contributed by atoms with E-state index in [-0.39, 0.29) is 12.6 Å². The minimum absolute atomic E-state index is 0.247. The number of allylic oxidation sites excluding steroid dienone is 1. The molecule has 6 nitrogen and oxygen atoms in total. The fraction of sp³-hybridized carbons (Fsp3) is 0.412. The van der Waals surface area contributed by atoms with Crippen molar-refractivity contribution in [1.29, 1.82) is 0 Å². The van der Waals surface area contributed by atoms with Crippen LogP contribution in [0.3, 0.4) is 0 Å². The van der Waals surface area contributed by atoms with Gasteiger partial charge in [0.2, 0.25) is 0 Å². The Labute approximate surface area is 146 Å². The van der Waals surface area contributed by atoms with E-state index < -0.39 is 12.0 Å². The van der Waals surface area contributed by atoms with Crippen molar-refractivity contribution in [3.63, 3.8) is 0 Å². The van der Waals surface area contributed by atoms with E-state index >= 15 is 0 Å². The number of rotatable bonds is 6. The van der Waals surface area contributed by atoms with Crippen molar-refractivity contribution in [1.82, 2.24) is 10.2 Å². The second-order valence-corrected chi connectivity index (χ2v) is 5.68. The van der Waals surface area contributed by atoms with Crippen molar-refractivity contribution in [3.8, 4) is 0 Å². The van der Waals surface area contributed by atoms with Gasteiger partial charge in [-0.15, -0.1) is 0 Å². The van der Waals surface area contributed by atoms with Gasteiger partial charge >= 0.3 is 12.0 Å². The van der Waals surface area contributed by atoms with Crippen molar-refractivity contribution in [2.24, 2.45) is 0 Å². The maximum Gasteiger partial charge on any atom is 0.338 e. The van der Waals surface area contributed by atoms with E-state index in [1.807, 2.05) is 6.07 Å². The Morgan fingerprint density at radius 2 is 2.08 bits per heavy atom. The number of hydrogen-bond donors (Lipinski definition) is 1. The van der Waals surface area contributed by atoms with Crippen LogP contribution in [0.5, 0.6) is 0 Å². The van der Waals surface area contributed by atoms with Crippen LogP contribution in [0.2, 0.25) is 5.02 Å². The molecular weight excluding hydrogens is 332 g/mol. The Balaban J connectivity index is 2.50. The highest BCUT2D eigenvalue weighted by molar-refractivity contribution is 6.31. The number of nitrogens with one attached hydrogen (secondary N) is 1. The van der Waals surface area contributed by atoms with Gasteiger partial charge < -0.3 is 14.8 Å². The third-order valence-electron chi connectivity index (χ3n) is 3.83. The molecule has 1 aromatic carbocycles. The largest absolute Gasteiger partial charge is 0.463 e. The van der Waals surface area contributed by atoms with Crippen LogP contribution in [0.4, 0.5) is 4.79 Å². The first-order valence-corrected chi connectivity index (χ1v) is 8.08. The summed E-state index contributed by atoms with van der Waals surface area (Å²) in [6.07, 6.45) is 0. The average molecular weight is 353 g/mol. The number of carbonyl (C=O) groups is 2. The van der Waals surface area contributed by atoms with E-state index in [9.17, 15) is 9.59 Å². The maximum atomic E-state index is 12.5. The lowest BCUT2D eigenvalue weighted by Crippen LogP contribution is -2.49. The summed E-state index contributed by atoms with van der Waals surface area (Å²) in [4.78, 5) is 26.4. The Morgan fingerprint density at radius 3 is 2.71 bits per heavy atom. The molecule has 0 spiro atoms. The Kier molecular flexibility index (Phi) is 6.23. The number of halogens is 1. The molecule has 0 fully saturated rings. The molecule has 2 rings (SSSR count). The van der Waals surface area contributed by atoms with Crippen LogP contribution < -0.4 is 5.32 Å². The number of ether oxygens (including phenoxy) is 2. The third-order valence-corrected chi connectivity index (χ3v) is 4.17. The van der Waals surface area contributed by atoms with Gasteiger partial charge in [-0.2, -0.15) is 0 Å². The van der Waals surface area contributed by atoms with Gasteiger partial charge in [-0.05, 0) is 25.5 Å². The van der Waals surface area contributed by atoms with E-state index in [1.165, 1.54) is 4.90 Å². The van der Waals surface area contributed by atoms with Crippen LogP contribution in [0.15, 0.2) is 35.5 Å². The highest BCUT2D eigenvalue weighted by atomic mass is 35.5. The van der Waals surface area contributed by atoms with Crippen molar-refractivity contribution in [2.75, 3.05) is 26.9 Å². The number of esters is 1. The topological polar surface area (TPSA) is 67.9 Å². The third kappa shape index (κ3) is 3.71. The van der Waals surface area contributed by atoms with Gasteiger partial charge in [0.05, 0.1) is 31.4 Å². The monoisotopic (exact) mass is 352 g/mol. The van der Waals surface area contributed by atoms with Crippen LogP contribution in [0, 0.1) is 0 Å². The van der Waals surface area contributed by atoms with Crippen LogP contribution >= 0.6 is 11.6 Å². The summed E-state index contributed by atoms with van der Waals surface area (Å²) in [5, 5.41) is 3.32. The van der Waals surface area contributed by atoms with Crippen molar-refractivity contribution < 1.29 is 19.1 Å². The molecule has 24 heavy (non-hydrogen) atoms. The second-order valence-electron chi connectivity index (χ2n) is 5.27. The summed E-state index contributed by atoms with van der Waals surface area (Å²) in [7, 11) is 1.56. The maximum absolute atomic E-state index is 12.5. The Morgan fingerprint density at radius 1 is 1.38 bits per heavy atom. The normalized spacial score (nSPS) is 17.8. The molecule has 2 amide bonds. The predicted molar refractivity (Wildman–Crippen MR) is 90.6 cm³/mol. The van der Waals surface area contributed by atoms with E-state index in [4.69, 9.17) is 21.1 Å². The number of hydrogen-bond acceptors (Lipinski definition) is 4. The average Bonchev–Trinajstić information content (AvgIpc) is 2.54. The molecule has 1 aliphatic heterocycles. The molecule has 7 heteroatoms. The van der Waals surface area contributed by atoms with E-state index in [0.717, 1.165) is 0 Å². The molecule has 1 atom stereocenters. The molecule has 0 saturated heterocycles. The smallest absolute Gasteiger partial charge is 0.338 e. The lowest BCUT2D eigenvalue weighted by atomic mass is 9.95. The van der Waals surface area contributed by atoms with E-state index in [2.05, 4.69) is 5.32 Å². The number of benzene rings is 1. The standard InChI is InChI=1S/C17H21ClN2O4/c1-4-24-16(21)14-11(2)20(9-10-23-3)17(22)19-15(14)12-7-5-6-8-13(12)18/h5-8,15H,4,9-10H2,1-3H3,(H,19,22). The summed E-state index contributed by atoms with van der Waals surface area (Å²) in [6.45, 7) is 4.41. The van der Waals surface area contributed by atoms with E-state index in [0.29, 0.717) is 35.0 Å². The van der Waals surface area contributed by atoms with Gasteiger partial charge in [0, 0.05) is 17.8 Å². The molecule has 1 heterocycles. The van der Waals surface area contributed by atoms with Gasteiger partial charge in [-0.1, -0.05) is 29.8 Å². The molecule has 0 saturated carbocycles. The van der Waals surface area contributed by atoms with Gasteiger partial charge in [0.15, 0.2) is 0 Å². The summed E-state index contributed by atoms with van der Waals surface area (Å²) in [6, 6.07) is 6.15. The van der Waals surface area contributed by atoms with Crippen LogP contribution in [-0.4, -0.2) is 43.8 Å².